The zero-order chi connectivity index (χ0) is 22.4. The number of carboxylic acid groups (broad SMARTS) is 1. The fourth-order valence-electron chi connectivity index (χ4n) is 3.62. The van der Waals surface area contributed by atoms with Gasteiger partial charge in [-0.2, -0.15) is 0 Å². The van der Waals surface area contributed by atoms with Crippen LogP contribution in [0.5, 0.6) is 0 Å². The van der Waals surface area contributed by atoms with Crippen LogP contribution in [0.4, 0.5) is 4.79 Å². The fraction of sp³-hybridized carbons (Fsp3) is 0.261. The highest BCUT2D eigenvalue weighted by Gasteiger charge is 2.54. The number of amides is 3. The molecule has 3 rings (SSSR count). The molecule has 8 nitrogen and oxygen atoms in total. The first-order valence-corrected chi connectivity index (χ1v) is 10.0. The molecule has 5 N–H and O–H groups in total. The summed E-state index contributed by atoms with van der Waals surface area (Å²) in [5.41, 5.74) is 8.40. The van der Waals surface area contributed by atoms with Crippen molar-refractivity contribution in [3.05, 3.63) is 72.6 Å². The first kappa shape index (κ1) is 21.9. The summed E-state index contributed by atoms with van der Waals surface area (Å²) in [6.45, 7) is 4.18. The summed E-state index contributed by atoms with van der Waals surface area (Å²) in [6.07, 6.45) is 0.889. The Balaban J connectivity index is 1.54. The van der Waals surface area contributed by atoms with Crippen LogP contribution in [0, 0.1) is 5.92 Å². The number of imide groups is 1. The number of nitrogens with two attached hydrogens (primary N) is 1. The van der Waals surface area contributed by atoms with Crippen LogP contribution < -0.4 is 16.4 Å². The molecule has 3 amide bonds. The SMILES string of the molecule is C=C(N)NCCC[C@H]1C(=O)N(C(=O)NCc2ccc(-c3ccccc3)cc2)C1C(=O)O. The van der Waals surface area contributed by atoms with Crippen LogP contribution >= 0.6 is 0 Å². The molecule has 1 fully saturated rings. The Bertz CT molecular complexity index is 959. The van der Waals surface area contributed by atoms with E-state index >= 15 is 0 Å². The van der Waals surface area contributed by atoms with E-state index in [1.807, 2.05) is 54.6 Å². The van der Waals surface area contributed by atoms with Gasteiger partial charge in [-0.3, -0.25) is 4.79 Å². The van der Waals surface area contributed by atoms with Crippen molar-refractivity contribution in [1.29, 1.82) is 0 Å². The molecule has 2 aromatic rings. The highest BCUT2D eigenvalue weighted by molar-refractivity contribution is 6.07. The highest BCUT2D eigenvalue weighted by atomic mass is 16.4. The number of carbonyl (C=O) groups excluding carboxylic acids is 2. The lowest BCUT2D eigenvalue weighted by Gasteiger charge is -2.42. The highest BCUT2D eigenvalue weighted by Crippen LogP contribution is 2.31. The molecule has 1 unspecified atom stereocenters. The van der Waals surface area contributed by atoms with Crippen LogP contribution in [0.25, 0.3) is 11.1 Å². The number of β-lactam (4-membered cyclic amide) rings is 1. The quantitative estimate of drug-likeness (QED) is 0.363. The van der Waals surface area contributed by atoms with Crippen LogP contribution in [0.2, 0.25) is 0 Å². The summed E-state index contributed by atoms with van der Waals surface area (Å²) < 4.78 is 0. The first-order chi connectivity index (χ1) is 14.9. The van der Waals surface area contributed by atoms with Gasteiger partial charge in [-0.05, 0) is 29.5 Å². The molecular formula is C23H26N4O4. The van der Waals surface area contributed by atoms with Gasteiger partial charge in [0.15, 0.2) is 6.04 Å². The lowest BCUT2D eigenvalue weighted by atomic mass is 9.84. The summed E-state index contributed by atoms with van der Waals surface area (Å²) in [7, 11) is 0. The minimum absolute atomic E-state index is 0.192. The number of benzene rings is 2. The Morgan fingerprint density at radius 2 is 1.68 bits per heavy atom. The minimum Gasteiger partial charge on any atom is -0.480 e. The third kappa shape index (κ3) is 5.22. The summed E-state index contributed by atoms with van der Waals surface area (Å²) in [5.74, 6) is -2.08. The van der Waals surface area contributed by atoms with Crippen molar-refractivity contribution in [2.45, 2.75) is 25.4 Å². The van der Waals surface area contributed by atoms with Crippen molar-refractivity contribution in [3.63, 3.8) is 0 Å². The molecule has 0 bridgehead atoms. The Labute approximate surface area is 180 Å². The smallest absolute Gasteiger partial charge is 0.327 e. The van der Waals surface area contributed by atoms with Gasteiger partial charge < -0.3 is 21.5 Å². The molecule has 0 aromatic heterocycles. The van der Waals surface area contributed by atoms with E-state index in [0.717, 1.165) is 21.6 Å². The van der Waals surface area contributed by atoms with E-state index in [1.54, 1.807) is 0 Å². The van der Waals surface area contributed by atoms with Crippen molar-refractivity contribution in [2.24, 2.45) is 11.7 Å². The second kappa shape index (κ2) is 9.80. The molecule has 1 heterocycles. The second-order valence-electron chi connectivity index (χ2n) is 7.41. The predicted octanol–water partition coefficient (Wildman–Crippen LogP) is 2.27. The van der Waals surface area contributed by atoms with E-state index in [4.69, 9.17) is 5.73 Å². The average molecular weight is 422 g/mol. The molecule has 1 aliphatic rings. The average Bonchev–Trinajstić information content (AvgIpc) is 2.76. The normalized spacial score (nSPS) is 17.5. The summed E-state index contributed by atoms with van der Waals surface area (Å²) in [6, 6.07) is 15.7. The van der Waals surface area contributed by atoms with Gasteiger partial charge in [0.05, 0.1) is 11.7 Å². The van der Waals surface area contributed by atoms with Gasteiger partial charge in [0.1, 0.15) is 0 Å². The zero-order valence-electron chi connectivity index (χ0n) is 17.1. The van der Waals surface area contributed by atoms with Gasteiger partial charge in [-0.25, -0.2) is 14.5 Å². The van der Waals surface area contributed by atoms with Gasteiger partial charge >= 0.3 is 12.0 Å². The number of carbonyl (C=O) groups is 3. The van der Waals surface area contributed by atoms with Gasteiger partial charge in [0.25, 0.3) is 0 Å². The molecule has 0 aliphatic carbocycles. The Morgan fingerprint density at radius 3 is 2.29 bits per heavy atom. The molecular weight excluding hydrogens is 396 g/mol. The monoisotopic (exact) mass is 422 g/mol. The molecule has 1 aliphatic heterocycles. The molecule has 1 saturated heterocycles. The molecule has 0 radical (unpaired) electrons. The molecule has 0 spiro atoms. The van der Waals surface area contributed by atoms with Gasteiger partial charge in [-0.1, -0.05) is 61.2 Å². The van der Waals surface area contributed by atoms with Crippen LogP contribution in [0.3, 0.4) is 0 Å². The zero-order valence-corrected chi connectivity index (χ0v) is 17.1. The summed E-state index contributed by atoms with van der Waals surface area (Å²) in [5, 5.41) is 15.0. The van der Waals surface area contributed by atoms with E-state index in [1.165, 1.54) is 0 Å². The third-order valence-corrected chi connectivity index (χ3v) is 5.23. The van der Waals surface area contributed by atoms with E-state index < -0.39 is 29.9 Å². The number of hydrogen-bond donors (Lipinski definition) is 4. The summed E-state index contributed by atoms with van der Waals surface area (Å²) >= 11 is 0. The number of aliphatic carboxylic acids is 1. The Morgan fingerprint density at radius 1 is 1.03 bits per heavy atom. The number of hydrogen-bond acceptors (Lipinski definition) is 5. The number of nitrogens with one attached hydrogen (secondary N) is 2. The van der Waals surface area contributed by atoms with Gasteiger partial charge in [-0.15, -0.1) is 0 Å². The van der Waals surface area contributed by atoms with Crippen LogP contribution in [-0.2, 0) is 16.1 Å². The predicted molar refractivity (Wildman–Crippen MR) is 116 cm³/mol. The van der Waals surface area contributed by atoms with E-state index in [9.17, 15) is 19.5 Å². The maximum atomic E-state index is 12.5. The van der Waals surface area contributed by atoms with E-state index in [-0.39, 0.29) is 6.54 Å². The fourth-order valence-corrected chi connectivity index (χ4v) is 3.62. The van der Waals surface area contributed by atoms with Crippen LogP contribution in [-0.4, -0.2) is 40.5 Å². The maximum absolute atomic E-state index is 12.5. The maximum Gasteiger partial charge on any atom is 0.327 e. The number of rotatable bonds is 9. The van der Waals surface area contributed by atoms with Gasteiger partial charge in [0, 0.05) is 13.1 Å². The van der Waals surface area contributed by atoms with Crippen molar-refractivity contribution in [3.8, 4) is 11.1 Å². The molecule has 0 saturated carbocycles. The Kier molecular flexibility index (Phi) is 6.92. The van der Waals surface area contributed by atoms with E-state index in [0.29, 0.717) is 25.2 Å². The molecule has 2 aromatic carbocycles. The minimum atomic E-state index is -1.19. The summed E-state index contributed by atoms with van der Waals surface area (Å²) in [4.78, 5) is 37.3. The lowest BCUT2D eigenvalue weighted by Crippen LogP contribution is -2.68. The molecule has 162 valence electrons. The number of carboxylic acids is 1. The van der Waals surface area contributed by atoms with Crippen molar-refractivity contribution in [2.75, 3.05) is 6.54 Å². The topological polar surface area (TPSA) is 125 Å². The van der Waals surface area contributed by atoms with Crippen molar-refractivity contribution < 1.29 is 19.5 Å². The largest absolute Gasteiger partial charge is 0.480 e. The molecule has 31 heavy (non-hydrogen) atoms. The number of likely N-dealkylation sites (tertiary alicyclic amines) is 1. The first-order valence-electron chi connectivity index (χ1n) is 10.0. The molecule has 8 heteroatoms. The van der Waals surface area contributed by atoms with Gasteiger partial charge in [0.2, 0.25) is 5.91 Å². The van der Waals surface area contributed by atoms with Crippen LogP contribution in [0.15, 0.2) is 67.0 Å². The van der Waals surface area contributed by atoms with E-state index in [2.05, 4.69) is 17.2 Å². The number of urea groups is 1. The third-order valence-electron chi connectivity index (χ3n) is 5.23. The second-order valence-corrected chi connectivity index (χ2v) is 7.41. The van der Waals surface area contributed by atoms with Crippen LogP contribution in [0.1, 0.15) is 18.4 Å². The standard InChI is InChI=1S/C23H26N4O4/c1-15(24)25-13-5-8-19-20(22(29)30)27(21(19)28)23(31)26-14-16-9-11-18(12-10-16)17-6-3-2-4-7-17/h2-4,6-7,9-12,19-20,25H,1,5,8,13-14,24H2,(H,26,31)(H,29,30)/t19-,20?/m1/s1. The lowest BCUT2D eigenvalue weighted by molar-refractivity contribution is -0.166. The van der Waals surface area contributed by atoms with Crippen molar-refractivity contribution in [1.82, 2.24) is 15.5 Å². The number of nitrogens with zero attached hydrogens (tertiary/aromatic N) is 1. The Hall–Kier alpha value is -3.81. The van der Waals surface area contributed by atoms with Crippen molar-refractivity contribution >= 4 is 17.9 Å². The molecule has 2 atom stereocenters.